The molecule has 0 saturated carbocycles. The summed E-state index contributed by atoms with van der Waals surface area (Å²) in [6, 6.07) is 10.6. The number of thioether (sulfide) groups is 1. The van der Waals surface area contributed by atoms with Gasteiger partial charge < -0.3 is 9.47 Å². The number of amides is 1. The summed E-state index contributed by atoms with van der Waals surface area (Å²) in [6.45, 7) is 6.51. The lowest BCUT2D eigenvalue weighted by Gasteiger charge is -2.16. The largest absolute Gasteiger partial charge is 0.490 e. The van der Waals surface area contributed by atoms with Crippen LogP contribution in [0.4, 0.5) is 5.69 Å². The Hall–Kier alpha value is -1.73. The van der Waals surface area contributed by atoms with Crippen LogP contribution in [0.25, 0.3) is 6.08 Å². The van der Waals surface area contributed by atoms with Gasteiger partial charge in [-0.25, -0.2) is 0 Å². The molecule has 1 fully saturated rings. The molecule has 1 saturated heterocycles. The number of thiocarbonyl (C=S) groups is 1. The Morgan fingerprint density at radius 1 is 1.13 bits per heavy atom. The standard InChI is InChI=1S/C22H21Cl2NO3S2/c1-4-13(3)28-18-9-6-14(10-19(18)27-5-2)11-20-21(26)25(22(29)30-20)15-7-8-16(23)17(24)12-15/h6-13H,4-5H2,1-3H3/b20-11-/t13-/m1/s1. The minimum atomic E-state index is -0.207. The third-order valence-electron chi connectivity index (χ3n) is 4.42. The van der Waals surface area contributed by atoms with E-state index in [9.17, 15) is 4.79 Å². The van der Waals surface area contributed by atoms with Crippen LogP contribution in [-0.4, -0.2) is 22.9 Å². The molecule has 0 spiro atoms. The van der Waals surface area contributed by atoms with Gasteiger partial charge in [-0.3, -0.25) is 9.69 Å². The van der Waals surface area contributed by atoms with E-state index in [1.54, 1.807) is 24.3 Å². The Bertz CT molecular complexity index is 1010. The summed E-state index contributed by atoms with van der Waals surface area (Å²) < 4.78 is 12.1. The minimum Gasteiger partial charge on any atom is -0.490 e. The second kappa shape index (κ2) is 10.1. The zero-order chi connectivity index (χ0) is 21.8. The highest BCUT2D eigenvalue weighted by atomic mass is 35.5. The Labute approximate surface area is 196 Å². The number of halogens is 2. The molecule has 0 unspecified atom stereocenters. The van der Waals surface area contributed by atoms with Crippen LogP contribution in [0.3, 0.4) is 0 Å². The summed E-state index contributed by atoms with van der Waals surface area (Å²) in [5.74, 6) is 1.12. The second-order valence-electron chi connectivity index (χ2n) is 6.59. The summed E-state index contributed by atoms with van der Waals surface area (Å²) in [7, 11) is 0. The molecule has 1 aliphatic heterocycles. The van der Waals surface area contributed by atoms with Crippen molar-refractivity contribution in [1.82, 2.24) is 0 Å². The van der Waals surface area contributed by atoms with E-state index in [2.05, 4.69) is 6.92 Å². The van der Waals surface area contributed by atoms with Gasteiger partial charge in [-0.05, 0) is 62.2 Å². The number of nitrogens with zero attached hydrogens (tertiary/aromatic N) is 1. The van der Waals surface area contributed by atoms with Gasteiger partial charge in [0.2, 0.25) is 0 Å². The number of carbonyl (C=O) groups is 1. The fourth-order valence-electron chi connectivity index (χ4n) is 2.75. The summed E-state index contributed by atoms with van der Waals surface area (Å²) in [5, 5.41) is 0.787. The molecule has 0 aliphatic carbocycles. The molecule has 8 heteroatoms. The van der Waals surface area contributed by atoms with E-state index in [1.807, 2.05) is 32.0 Å². The van der Waals surface area contributed by atoms with Gasteiger partial charge in [0.25, 0.3) is 5.91 Å². The van der Waals surface area contributed by atoms with E-state index in [-0.39, 0.29) is 12.0 Å². The highest BCUT2D eigenvalue weighted by Gasteiger charge is 2.33. The molecule has 4 nitrogen and oxygen atoms in total. The van der Waals surface area contributed by atoms with Gasteiger partial charge in [0, 0.05) is 0 Å². The average Bonchev–Trinajstić information content (AvgIpc) is 2.99. The zero-order valence-electron chi connectivity index (χ0n) is 16.8. The van der Waals surface area contributed by atoms with E-state index < -0.39 is 0 Å². The molecule has 1 atom stereocenters. The Kier molecular flexibility index (Phi) is 7.69. The molecule has 1 aliphatic rings. The predicted octanol–water partition coefficient (Wildman–Crippen LogP) is 6.98. The smallest absolute Gasteiger partial charge is 0.270 e. The van der Waals surface area contributed by atoms with E-state index in [0.717, 1.165) is 12.0 Å². The minimum absolute atomic E-state index is 0.0810. The molecule has 30 heavy (non-hydrogen) atoms. The maximum absolute atomic E-state index is 13.0. The summed E-state index contributed by atoms with van der Waals surface area (Å²) in [6.07, 6.45) is 2.77. The van der Waals surface area contributed by atoms with Gasteiger partial charge in [0.05, 0.1) is 33.3 Å². The molecule has 0 bridgehead atoms. The summed E-state index contributed by atoms with van der Waals surface area (Å²) in [5.41, 5.74) is 1.41. The Morgan fingerprint density at radius 3 is 2.57 bits per heavy atom. The molecular weight excluding hydrogens is 461 g/mol. The van der Waals surface area contributed by atoms with E-state index in [4.69, 9.17) is 44.9 Å². The van der Waals surface area contributed by atoms with Crippen molar-refractivity contribution >= 4 is 69.2 Å². The fraction of sp³-hybridized carbons (Fsp3) is 0.273. The number of anilines is 1. The molecule has 2 aromatic rings. The van der Waals surface area contributed by atoms with Crippen LogP contribution in [0, 0.1) is 0 Å². The maximum Gasteiger partial charge on any atom is 0.270 e. The highest BCUT2D eigenvalue weighted by Crippen LogP contribution is 2.39. The first-order valence-corrected chi connectivity index (χ1v) is 11.5. The van der Waals surface area contributed by atoms with E-state index in [0.29, 0.717) is 43.1 Å². The number of hydrogen-bond acceptors (Lipinski definition) is 5. The number of ether oxygens (including phenoxy) is 2. The van der Waals surface area contributed by atoms with Gasteiger partial charge >= 0.3 is 0 Å². The number of hydrogen-bond donors (Lipinski definition) is 0. The van der Waals surface area contributed by atoms with E-state index in [1.165, 1.54) is 16.7 Å². The van der Waals surface area contributed by atoms with Crippen molar-refractivity contribution < 1.29 is 14.3 Å². The van der Waals surface area contributed by atoms with Crippen LogP contribution in [0.5, 0.6) is 11.5 Å². The molecular formula is C22H21Cl2NO3S2. The van der Waals surface area contributed by atoms with Gasteiger partial charge in [0.15, 0.2) is 15.8 Å². The molecule has 1 heterocycles. The van der Waals surface area contributed by atoms with Crippen molar-refractivity contribution in [2.24, 2.45) is 0 Å². The third kappa shape index (κ3) is 5.11. The molecule has 0 radical (unpaired) electrons. The zero-order valence-corrected chi connectivity index (χ0v) is 19.9. The predicted molar refractivity (Wildman–Crippen MR) is 130 cm³/mol. The topological polar surface area (TPSA) is 38.8 Å². The Balaban J connectivity index is 1.89. The van der Waals surface area contributed by atoms with Crippen molar-refractivity contribution in [3.63, 3.8) is 0 Å². The van der Waals surface area contributed by atoms with Gasteiger partial charge in [-0.2, -0.15) is 0 Å². The van der Waals surface area contributed by atoms with Gasteiger partial charge in [0.1, 0.15) is 0 Å². The van der Waals surface area contributed by atoms with Crippen LogP contribution in [0.1, 0.15) is 32.8 Å². The van der Waals surface area contributed by atoms with Crippen LogP contribution in [-0.2, 0) is 4.79 Å². The quantitative estimate of drug-likeness (QED) is 0.315. The van der Waals surface area contributed by atoms with Gasteiger partial charge in [-0.1, -0.05) is 60.2 Å². The summed E-state index contributed by atoms with van der Waals surface area (Å²) >= 11 is 18.7. The lowest BCUT2D eigenvalue weighted by atomic mass is 10.1. The van der Waals surface area contributed by atoms with Gasteiger partial charge in [-0.15, -0.1) is 0 Å². The number of benzene rings is 2. The van der Waals surface area contributed by atoms with Crippen LogP contribution in [0.2, 0.25) is 10.0 Å². The first-order valence-electron chi connectivity index (χ1n) is 9.50. The monoisotopic (exact) mass is 481 g/mol. The molecule has 1 amide bonds. The normalized spacial score (nSPS) is 16.3. The first kappa shape index (κ1) is 22.9. The molecule has 158 valence electrons. The molecule has 2 aromatic carbocycles. The number of carbonyl (C=O) groups excluding carboxylic acids is 1. The molecule has 3 rings (SSSR count). The van der Waals surface area contributed by atoms with Crippen LogP contribution in [0.15, 0.2) is 41.3 Å². The SMILES string of the molecule is CCOc1cc(/C=C2\SC(=S)N(c3ccc(Cl)c(Cl)c3)C2=O)ccc1O[C@H](C)CC. The highest BCUT2D eigenvalue weighted by molar-refractivity contribution is 8.27. The fourth-order valence-corrected chi connectivity index (χ4v) is 4.34. The lowest BCUT2D eigenvalue weighted by Crippen LogP contribution is -2.27. The van der Waals surface area contributed by atoms with Crippen molar-refractivity contribution in [2.75, 3.05) is 11.5 Å². The first-order chi connectivity index (χ1) is 14.3. The molecule has 0 aromatic heterocycles. The van der Waals surface area contributed by atoms with Crippen molar-refractivity contribution in [3.8, 4) is 11.5 Å². The third-order valence-corrected chi connectivity index (χ3v) is 6.46. The van der Waals surface area contributed by atoms with Crippen molar-refractivity contribution in [1.29, 1.82) is 0 Å². The van der Waals surface area contributed by atoms with Crippen molar-refractivity contribution in [2.45, 2.75) is 33.3 Å². The summed E-state index contributed by atoms with van der Waals surface area (Å²) in [4.78, 5) is 15.0. The van der Waals surface area contributed by atoms with Crippen LogP contribution < -0.4 is 14.4 Å². The van der Waals surface area contributed by atoms with Crippen LogP contribution >= 0.6 is 47.2 Å². The van der Waals surface area contributed by atoms with Crippen molar-refractivity contribution in [3.05, 3.63) is 56.9 Å². The maximum atomic E-state index is 13.0. The number of rotatable bonds is 7. The molecule has 0 N–H and O–H groups in total. The lowest BCUT2D eigenvalue weighted by molar-refractivity contribution is -0.113. The second-order valence-corrected chi connectivity index (χ2v) is 9.08. The average molecular weight is 482 g/mol. The Morgan fingerprint density at radius 2 is 1.90 bits per heavy atom. The van der Waals surface area contributed by atoms with E-state index >= 15 is 0 Å².